The molecule has 3 aliphatic heterocycles. The van der Waals surface area contributed by atoms with Crippen molar-refractivity contribution in [2.24, 2.45) is 11.8 Å². The highest BCUT2D eigenvalue weighted by Crippen LogP contribution is 2.38. The van der Waals surface area contributed by atoms with Gasteiger partial charge in [0.05, 0.1) is 5.56 Å². The number of carbonyl (C=O) groups is 2. The summed E-state index contributed by atoms with van der Waals surface area (Å²) in [7, 11) is 0. The molecule has 2 amide bonds. The van der Waals surface area contributed by atoms with Gasteiger partial charge in [0, 0.05) is 44.3 Å². The lowest BCUT2D eigenvalue weighted by atomic mass is 9.76. The fourth-order valence-corrected chi connectivity index (χ4v) is 6.02. The van der Waals surface area contributed by atoms with Gasteiger partial charge in [0.15, 0.2) is 0 Å². The fraction of sp³-hybridized carbons (Fsp3) is 0.696. The van der Waals surface area contributed by atoms with Crippen molar-refractivity contribution in [3.8, 4) is 0 Å². The number of fused-ring (bicyclic) bond motifs is 4. The van der Waals surface area contributed by atoms with Crippen molar-refractivity contribution in [2.45, 2.75) is 69.9 Å². The Morgan fingerprint density at radius 2 is 1.90 bits per heavy atom. The van der Waals surface area contributed by atoms with Crippen molar-refractivity contribution >= 4 is 17.6 Å². The molecule has 2 bridgehead atoms. The van der Waals surface area contributed by atoms with Gasteiger partial charge in [0.25, 0.3) is 5.91 Å². The summed E-state index contributed by atoms with van der Waals surface area (Å²) in [5.41, 5.74) is 0.653. The second-order valence-electron chi connectivity index (χ2n) is 9.49. The molecule has 1 saturated carbocycles. The summed E-state index contributed by atoms with van der Waals surface area (Å²) in [5.74, 6) is 2.40. The summed E-state index contributed by atoms with van der Waals surface area (Å²) in [6.45, 7) is 2.82. The molecule has 29 heavy (non-hydrogen) atoms. The van der Waals surface area contributed by atoms with Crippen LogP contribution >= 0.6 is 0 Å². The number of amides is 2. The predicted octanol–water partition coefficient (Wildman–Crippen LogP) is 2.98. The fourth-order valence-electron chi connectivity index (χ4n) is 6.02. The highest BCUT2D eigenvalue weighted by Gasteiger charge is 2.44. The largest absolute Gasteiger partial charge is 0.356 e. The van der Waals surface area contributed by atoms with E-state index in [4.69, 9.17) is 0 Å². The number of nitrogens with zero attached hydrogens (tertiary/aromatic N) is 3. The zero-order valence-corrected chi connectivity index (χ0v) is 17.2. The van der Waals surface area contributed by atoms with Crippen LogP contribution in [0.4, 0.5) is 5.82 Å². The smallest absolute Gasteiger partial charge is 0.253 e. The molecule has 4 fully saturated rings. The number of nitrogens with one attached hydrogen (secondary N) is 1. The number of piperidine rings is 3. The molecule has 6 heteroatoms. The lowest BCUT2D eigenvalue weighted by Crippen LogP contribution is -2.60. The lowest BCUT2D eigenvalue weighted by molar-refractivity contribution is -0.142. The average molecular weight is 397 g/mol. The van der Waals surface area contributed by atoms with Gasteiger partial charge in [-0.05, 0) is 56.1 Å². The van der Waals surface area contributed by atoms with Crippen LogP contribution in [0.3, 0.4) is 0 Å². The van der Waals surface area contributed by atoms with Crippen molar-refractivity contribution < 1.29 is 9.59 Å². The average Bonchev–Trinajstić information content (AvgIpc) is 2.75. The Labute approximate surface area is 173 Å². The molecule has 1 aliphatic carbocycles. The summed E-state index contributed by atoms with van der Waals surface area (Å²) >= 11 is 0. The van der Waals surface area contributed by atoms with Crippen molar-refractivity contribution in [3.05, 3.63) is 23.9 Å². The molecule has 0 spiro atoms. The van der Waals surface area contributed by atoms with Gasteiger partial charge in [-0.2, -0.15) is 0 Å². The molecule has 5 rings (SSSR count). The Balaban J connectivity index is 1.24. The van der Waals surface area contributed by atoms with Crippen LogP contribution in [0.25, 0.3) is 0 Å². The molecule has 1 N–H and O–H groups in total. The van der Waals surface area contributed by atoms with Gasteiger partial charge >= 0.3 is 0 Å². The van der Waals surface area contributed by atoms with E-state index in [-0.39, 0.29) is 5.91 Å². The first-order valence-corrected chi connectivity index (χ1v) is 11.5. The molecule has 0 radical (unpaired) electrons. The summed E-state index contributed by atoms with van der Waals surface area (Å²) in [4.78, 5) is 34.1. The first-order valence-electron chi connectivity index (χ1n) is 11.5. The summed E-state index contributed by atoms with van der Waals surface area (Å²) in [5, 5.41) is 3.17. The van der Waals surface area contributed by atoms with E-state index in [2.05, 4.69) is 20.1 Å². The molecule has 156 valence electrons. The maximum Gasteiger partial charge on any atom is 0.253 e. The lowest BCUT2D eigenvalue weighted by Gasteiger charge is -2.52. The van der Waals surface area contributed by atoms with Crippen LogP contribution in [0, 0.1) is 11.8 Å². The Bertz CT molecular complexity index is 759. The molecule has 0 unspecified atom stereocenters. The predicted molar refractivity (Wildman–Crippen MR) is 112 cm³/mol. The van der Waals surface area contributed by atoms with Crippen molar-refractivity contribution in [1.29, 1.82) is 0 Å². The van der Waals surface area contributed by atoms with Gasteiger partial charge in [-0.25, -0.2) is 4.98 Å². The Hall–Kier alpha value is -2.11. The van der Waals surface area contributed by atoms with Gasteiger partial charge in [-0.1, -0.05) is 19.3 Å². The molecule has 4 heterocycles. The van der Waals surface area contributed by atoms with Crippen LogP contribution in [0.15, 0.2) is 18.3 Å². The molecule has 3 atom stereocenters. The summed E-state index contributed by atoms with van der Waals surface area (Å²) < 4.78 is 0. The number of hydrogen-bond acceptors (Lipinski definition) is 4. The topological polar surface area (TPSA) is 65.5 Å². The van der Waals surface area contributed by atoms with Crippen LogP contribution in [-0.4, -0.2) is 53.4 Å². The standard InChI is InChI=1S/C23H32N4O2/c28-22-8-4-7-20-18-11-16(14-27(20)22)13-26(15-18)21-10-9-17(12-24-21)23(29)25-19-5-2-1-3-6-19/h9-10,12,16,18-20H,1-8,11,13-15H2,(H,25,29)/t16-,18-,20-/m1/s1. The third kappa shape index (κ3) is 3.86. The van der Waals surface area contributed by atoms with Crippen LogP contribution in [-0.2, 0) is 4.79 Å². The van der Waals surface area contributed by atoms with Crippen molar-refractivity contribution in [2.75, 3.05) is 24.5 Å². The number of rotatable bonds is 3. The van der Waals surface area contributed by atoms with Crippen LogP contribution in [0.5, 0.6) is 0 Å². The van der Waals surface area contributed by atoms with Crippen molar-refractivity contribution in [3.63, 3.8) is 0 Å². The van der Waals surface area contributed by atoms with E-state index in [1.807, 2.05) is 12.1 Å². The number of hydrogen-bond donors (Lipinski definition) is 1. The van der Waals surface area contributed by atoms with Gasteiger partial charge in [0.2, 0.25) is 5.91 Å². The second-order valence-corrected chi connectivity index (χ2v) is 9.49. The van der Waals surface area contributed by atoms with Crippen LogP contribution in [0.1, 0.15) is 68.1 Å². The first-order chi connectivity index (χ1) is 14.2. The molecule has 1 aromatic rings. The normalized spacial score (nSPS) is 30.1. The highest BCUT2D eigenvalue weighted by molar-refractivity contribution is 5.94. The van der Waals surface area contributed by atoms with Crippen LogP contribution in [0.2, 0.25) is 0 Å². The first kappa shape index (κ1) is 18.9. The third-order valence-electron chi connectivity index (χ3n) is 7.45. The van der Waals surface area contributed by atoms with E-state index >= 15 is 0 Å². The zero-order valence-electron chi connectivity index (χ0n) is 17.2. The summed E-state index contributed by atoms with van der Waals surface area (Å²) in [6, 6.07) is 4.65. The molecule has 6 nitrogen and oxygen atoms in total. The molecule has 0 aromatic carbocycles. The number of aromatic nitrogens is 1. The minimum Gasteiger partial charge on any atom is -0.356 e. The molecule has 1 aromatic heterocycles. The van der Waals surface area contributed by atoms with E-state index in [9.17, 15) is 9.59 Å². The quantitative estimate of drug-likeness (QED) is 0.853. The SMILES string of the molecule is O=C(NC1CCCCC1)c1ccc(N2C[C@H]3C[C@H](C2)[C@H]2CCCC(=O)N2C3)nc1. The van der Waals surface area contributed by atoms with Gasteiger partial charge in [0.1, 0.15) is 5.82 Å². The molecular weight excluding hydrogens is 364 g/mol. The van der Waals surface area contributed by atoms with Crippen LogP contribution < -0.4 is 10.2 Å². The zero-order chi connectivity index (χ0) is 19.8. The van der Waals surface area contributed by atoms with E-state index in [1.165, 1.54) is 25.7 Å². The van der Waals surface area contributed by atoms with Gasteiger partial charge in [-0.15, -0.1) is 0 Å². The molecule has 3 saturated heterocycles. The number of pyridine rings is 1. The highest BCUT2D eigenvalue weighted by atomic mass is 16.2. The van der Waals surface area contributed by atoms with Gasteiger partial charge < -0.3 is 15.1 Å². The second kappa shape index (κ2) is 7.96. The van der Waals surface area contributed by atoms with Gasteiger partial charge in [-0.3, -0.25) is 9.59 Å². The monoisotopic (exact) mass is 396 g/mol. The summed E-state index contributed by atoms with van der Waals surface area (Å²) in [6.07, 6.45) is 11.8. The number of anilines is 1. The van der Waals surface area contributed by atoms with E-state index in [0.29, 0.717) is 35.4 Å². The Morgan fingerprint density at radius 3 is 2.69 bits per heavy atom. The minimum absolute atomic E-state index is 0.00261. The third-order valence-corrected chi connectivity index (χ3v) is 7.45. The maximum absolute atomic E-state index is 12.5. The van der Waals surface area contributed by atoms with E-state index < -0.39 is 0 Å². The maximum atomic E-state index is 12.5. The Morgan fingerprint density at radius 1 is 1.03 bits per heavy atom. The van der Waals surface area contributed by atoms with E-state index in [0.717, 1.165) is 57.6 Å². The molecular formula is C23H32N4O2. The molecule has 4 aliphatic rings. The number of carbonyl (C=O) groups excluding carboxylic acids is 2. The Kier molecular flexibility index (Phi) is 5.18. The minimum atomic E-state index is 0.00261. The van der Waals surface area contributed by atoms with E-state index in [1.54, 1.807) is 6.20 Å². The van der Waals surface area contributed by atoms with Crippen molar-refractivity contribution in [1.82, 2.24) is 15.2 Å².